The number of nitrogens with two attached hydrogens (primary N) is 1. The molecule has 1 aromatic rings. The lowest BCUT2D eigenvalue weighted by Gasteiger charge is -2.13. The van der Waals surface area contributed by atoms with Crippen molar-refractivity contribution in [3.05, 3.63) is 17.0 Å². The maximum Gasteiger partial charge on any atom is 0.137 e. The van der Waals surface area contributed by atoms with Crippen molar-refractivity contribution in [2.24, 2.45) is 5.73 Å². The van der Waals surface area contributed by atoms with Crippen molar-refractivity contribution in [2.45, 2.75) is 25.8 Å². The fourth-order valence-corrected chi connectivity index (χ4v) is 2.03. The van der Waals surface area contributed by atoms with Crippen molar-refractivity contribution in [1.29, 1.82) is 0 Å². The zero-order valence-electron chi connectivity index (χ0n) is 8.00. The van der Waals surface area contributed by atoms with Gasteiger partial charge in [-0.25, -0.2) is 0 Å². The fourth-order valence-electron chi connectivity index (χ4n) is 2.03. The Kier molecular flexibility index (Phi) is 2.09. The van der Waals surface area contributed by atoms with E-state index in [-0.39, 0.29) is 6.04 Å². The number of aryl methyl sites for hydroxylation is 2. The maximum atomic E-state index is 5.98. The van der Waals surface area contributed by atoms with Crippen LogP contribution in [0.1, 0.15) is 22.9 Å². The largest absolute Gasteiger partial charge is 0.361 e. The number of hydrogen-bond acceptors (Lipinski definition) is 4. The third-order valence-corrected chi connectivity index (χ3v) is 2.72. The third kappa shape index (κ3) is 1.36. The van der Waals surface area contributed by atoms with Gasteiger partial charge in [0.1, 0.15) is 5.76 Å². The molecular weight excluding hydrogens is 166 g/mol. The highest BCUT2D eigenvalue weighted by molar-refractivity contribution is 5.28. The lowest BCUT2D eigenvalue weighted by molar-refractivity contribution is 0.391. The first-order chi connectivity index (χ1) is 6.20. The van der Waals surface area contributed by atoms with E-state index < -0.39 is 0 Å². The summed E-state index contributed by atoms with van der Waals surface area (Å²) in [6.45, 7) is 5.73. The summed E-state index contributed by atoms with van der Waals surface area (Å²) in [5.41, 5.74) is 8.14. The van der Waals surface area contributed by atoms with E-state index in [1.165, 1.54) is 5.56 Å². The summed E-state index contributed by atoms with van der Waals surface area (Å²) in [5, 5.41) is 7.21. The van der Waals surface area contributed by atoms with Gasteiger partial charge in [-0.3, -0.25) is 0 Å². The first-order valence-corrected chi connectivity index (χ1v) is 4.59. The predicted molar refractivity (Wildman–Crippen MR) is 49.6 cm³/mol. The summed E-state index contributed by atoms with van der Waals surface area (Å²) in [4.78, 5) is 0. The Labute approximate surface area is 77.5 Å². The minimum absolute atomic E-state index is 0.191. The molecule has 1 aliphatic heterocycles. The van der Waals surface area contributed by atoms with Gasteiger partial charge in [0, 0.05) is 30.6 Å². The van der Waals surface area contributed by atoms with Crippen molar-refractivity contribution in [1.82, 2.24) is 10.5 Å². The molecule has 0 bridgehead atoms. The van der Waals surface area contributed by atoms with E-state index in [4.69, 9.17) is 10.3 Å². The number of rotatable bonds is 1. The molecule has 1 saturated heterocycles. The van der Waals surface area contributed by atoms with E-state index in [2.05, 4.69) is 10.5 Å². The van der Waals surface area contributed by atoms with Crippen LogP contribution in [0.15, 0.2) is 4.52 Å². The van der Waals surface area contributed by atoms with Crippen molar-refractivity contribution in [2.75, 3.05) is 13.1 Å². The number of nitrogens with one attached hydrogen (secondary N) is 1. The van der Waals surface area contributed by atoms with E-state index in [0.717, 1.165) is 24.5 Å². The van der Waals surface area contributed by atoms with E-state index in [9.17, 15) is 0 Å². The Morgan fingerprint density at radius 1 is 1.46 bits per heavy atom. The Hall–Kier alpha value is -0.870. The molecule has 4 heteroatoms. The summed E-state index contributed by atoms with van der Waals surface area (Å²) in [6.07, 6.45) is 0. The van der Waals surface area contributed by atoms with Gasteiger partial charge in [0.2, 0.25) is 0 Å². The normalized spacial score (nSPS) is 28.2. The molecule has 1 aliphatic rings. The van der Waals surface area contributed by atoms with Gasteiger partial charge in [-0.2, -0.15) is 0 Å². The molecule has 13 heavy (non-hydrogen) atoms. The molecule has 2 heterocycles. The topological polar surface area (TPSA) is 64.1 Å². The van der Waals surface area contributed by atoms with Crippen LogP contribution in [0.4, 0.5) is 0 Å². The van der Waals surface area contributed by atoms with Gasteiger partial charge < -0.3 is 15.6 Å². The standard InChI is InChI=1S/C9H15N3O/c1-5-9(6(2)13-12-5)7-3-11-4-8(7)10/h7-8,11H,3-4,10H2,1-2H3. The van der Waals surface area contributed by atoms with Gasteiger partial charge in [-0.05, 0) is 13.8 Å². The maximum absolute atomic E-state index is 5.98. The van der Waals surface area contributed by atoms with Crippen LogP contribution in [0.3, 0.4) is 0 Å². The molecule has 0 aromatic carbocycles. The van der Waals surface area contributed by atoms with Crippen LogP contribution in [-0.4, -0.2) is 24.3 Å². The average molecular weight is 181 g/mol. The second kappa shape index (κ2) is 3.12. The van der Waals surface area contributed by atoms with Gasteiger partial charge in [-0.1, -0.05) is 5.16 Å². The molecule has 0 saturated carbocycles. The molecule has 0 aliphatic carbocycles. The van der Waals surface area contributed by atoms with Crippen LogP contribution in [0.2, 0.25) is 0 Å². The summed E-state index contributed by atoms with van der Waals surface area (Å²) < 4.78 is 5.12. The highest BCUT2D eigenvalue weighted by atomic mass is 16.5. The summed E-state index contributed by atoms with van der Waals surface area (Å²) in [6, 6.07) is 0.191. The first kappa shape index (κ1) is 8.72. The number of hydrogen-bond donors (Lipinski definition) is 2. The second-order valence-electron chi connectivity index (χ2n) is 3.67. The second-order valence-corrected chi connectivity index (χ2v) is 3.67. The molecule has 2 atom stereocenters. The Bertz CT molecular complexity index is 288. The highest BCUT2D eigenvalue weighted by Crippen LogP contribution is 2.27. The molecule has 72 valence electrons. The molecule has 1 fully saturated rings. The molecule has 2 unspecified atom stereocenters. The number of aromatic nitrogens is 1. The summed E-state index contributed by atoms with van der Waals surface area (Å²) in [7, 11) is 0. The van der Waals surface area contributed by atoms with Gasteiger partial charge >= 0.3 is 0 Å². The minimum Gasteiger partial charge on any atom is -0.361 e. The van der Waals surface area contributed by atoms with Gasteiger partial charge in [-0.15, -0.1) is 0 Å². The number of nitrogens with zero attached hydrogens (tertiary/aromatic N) is 1. The quantitative estimate of drug-likeness (QED) is 0.654. The molecule has 4 nitrogen and oxygen atoms in total. The molecular formula is C9H15N3O. The van der Waals surface area contributed by atoms with Crippen molar-refractivity contribution in [3.63, 3.8) is 0 Å². The van der Waals surface area contributed by atoms with Crippen LogP contribution >= 0.6 is 0 Å². The zero-order chi connectivity index (χ0) is 9.42. The van der Waals surface area contributed by atoms with E-state index in [0.29, 0.717) is 5.92 Å². The van der Waals surface area contributed by atoms with Crippen LogP contribution in [0.25, 0.3) is 0 Å². The van der Waals surface area contributed by atoms with Crippen LogP contribution in [0, 0.1) is 13.8 Å². The first-order valence-electron chi connectivity index (χ1n) is 4.59. The van der Waals surface area contributed by atoms with Crippen molar-refractivity contribution < 1.29 is 4.52 Å². The molecule has 3 N–H and O–H groups in total. The van der Waals surface area contributed by atoms with Crippen molar-refractivity contribution >= 4 is 0 Å². The molecule has 0 radical (unpaired) electrons. The van der Waals surface area contributed by atoms with Gasteiger partial charge in [0.25, 0.3) is 0 Å². The monoisotopic (exact) mass is 181 g/mol. The smallest absolute Gasteiger partial charge is 0.137 e. The molecule has 0 amide bonds. The van der Waals surface area contributed by atoms with E-state index in [1.807, 2.05) is 13.8 Å². The van der Waals surface area contributed by atoms with Crippen LogP contribution < -0.4 is 11.1 Å². The molecule has 1 aromatic heterocycles. The fraction of sp³-hybridized carbons (Fsp3) is 0.667. The molecule has 2 rings (SSSR count). The summed E-state index contributed by atoms with van der Waals surface area (Å²) >= 11 is 0. The minimum atomic E-state index is 0.191. The van der Waals surface area contributed by atoms with Gasteiger partial charge in [0.15, 0.2) is 0 Å². The molecule has 0 spiro atoms. The van der Waals surface area contributed by atoms with Crippen molar-refractivity contribution in [3.8, 4) is 0 Å². The summed E-state index contributed by atoms with van der Waals surface area (Å²) in [5.74, 6) is 1.27. The lowest BCUT2D eigenvalue weighted by atomic mass is 9.93. The Morgan fingerprint density at radius 3 is 2.69 bits per heavy atom. The van der Waals surface area contributed by atoms with E-state index in [1.54, 1.807) is 0 Å². The van der Waals surface area contributed by atoms with Crippen LogP contribution in [-0.2, 0) is 0 Å². The Morgan fingerprint density at radius 2 is 2.23 bits per heavy atom. The van der Waals surface area contributed by atoms with E-state index >= 15 is 0 Å². The SMILES string of the molecule is Cc1noc(C)c1C1CNCC1N. The highest BCUT2D eigenvalue weighted by Gasteiger charge is 2.29. The zero-order valence-corrected chi connectivity index (χ0v) is 8.00. The Balaban J connectivity index is 2.33. The predicted octanol–water partition coefficient (Wildman–Crippen LogP) is 0.306. The average Bonchev–Trinajstić information content (AvgIpc) is 2.60. The third-order valence-electron chi connectivity index (χ3n) is 2.72. The van der Waals surface area contributed by atoms with Crippen LogP contribution in [0.5, 0.6) is 0 Å². The van der Waals surface area contributed by atoms with Gasteiger partial charge in [0.05, 0.1) is 5.69 Å². The lowest BCUT2D eigenvalue weighted by Crippen LogP contribution is -2.28.